The first-order chi connectivity index (χ1) is 10.8. The summed E-state index contributed by atoms with van der Waals surface area (Å²) in [6.07, 6.45) is 2.31. The molecule has 1 aliphatic heterocycles. The highest BCUT2D eigenvalue weighted by Gasteiger charge is 2.28. The minimum Gasteiger partial charge on any atom is -1.00 e. The van der Waals surface area contributed by atoms with E-state index in [0.717, 1.165) is 13.0 Å². The molecule has 0 aliphatic carbocycles. The van der Waals surface area contributed by atoms with E-state index in [4.69, 9.17) is 0 Å². The van der Waals surface area contributed by atoms with E-state index >= 15 is 0 Å². The Labute approximate surface area is 154 Å². The van der Waals surface area contributed by atoms with Crippen LogP contribution >= 0.6 is 0 Å². The summed E-state index contributed by atoms with van der Waals surface area (Å²) in [5.74, 6) is 0. The zero-order chi connectivity index (χ0) is 14.9. The second-order valence-electron chi connectivity index (χ2n) is 6.01. The van der Waals surface area contributed by atoms with Crippen LogP contribution in [0.25, 0.3) is 10.8 Å². The zero-order valence-electron chi connectivity index (χ0n) is 13.3. The molecule has 1 heterocycles. The number of aryl methyl sites for hydroxylation is 1. The van der Waals surface area contributed by atoms with Crippen LogP contribution in [0.5, 0.6) is 0 Å². The monoisotopic (exact) mass is 413 g/mol. The molecule has 0 atom stereocenters. The van der Waals surface area contributed by atoms with Crippen molar-refractivity contribution >= 4 is 22.2 Å². The quantitative estimate of drug-likeness (QED) is 0.455. The molecule has 0 amide bonds. The van der Waals surface area contributed by atoms with Crippen LogP contribution < -0.4 is 24.0 Å². The summed E-state index contributed by atoms with van der Waals surface area (Å²) in [5, 5.41) is 2.77. The van der Waals surface area contributed by atoms with Gasteiger partial charge in [-0.1, -0.05) is 54.6 Å². The first-order valence-electron chi connectivity index (χ1n) is 8.02. The van der Waals surface area contributed by atoms with E-state index in [2.05, 4.69) is 78.2 Å². The van der Waals surface area contributed by atoms with Crippen molar-refractivity contribution in [1.29, 1.82) is 0 Å². The average Bonchev–Trinajstić information content (AvgIpc) is 2.84. The molecular weight excluding hydrogens is 393 g/mol. The smallest absolute Gasteiger partial charge is 0.214 e. The van der Waals surface area contributed by atoms with Crippen molar-refractivity contribution in [3.63, 3.8) is 0 Å². The SMILES string of the molecule is CC1=[N+](CCCc2ccccc2)c2cccc3cccc1c23.[I-]. The molecule has 0 saturated carbocycles. The average molecular weight is 413 g/mol. The van der Waals surface area contributed by atoms with Gasteiger partial charge in [0, 0.05) is 19.4 Å². The van der Waals surface area contributed by atoms with Gasteiger partial charge in [0.2, 0.25) is 5.69 Å². The minimum atomic E-state index is 0. The lowest BCUT2D eigenvalue weighted by Gasteiger charge is -2.03. The summed E-state index contributed by atoms with van der Waals surface area (Å²) in [4.78, 5) is 0. The molecular formula is C21H20IN. The number of hydrogen-bond acceptors (Lipinski definition) is 0. The van der Waals surface area contributed by atoms with Crippen LogP contribution in [0.3, 0.4) is 0 Å². The Morgan fingerprint density at radius 2 is 1.57 bits per heavy atom. The fraction of sp³-hybridized carbons (Fsp3) is 0.190. The molecule has 0 spiro atoms. The fourth-order valence-electron chi connectivity index (χ4n) is 3.55. The predicted molar refractivity (Wildman–Crippen MR) is 93.3 cm³/mol. The van der Waals surface area contributed by atoms with Crippen LogP contribution in [0.2, 0.25) is 0 Å². The van der Waals surface area contributed by atoms with Crippen LogP contribution in [-0.2, 0) is 6.42 Å². The third-order valence-electron chi connectivity index (χ3n) is 4.66. The Kier molecular flexibility index (Phi) is 4.81. The largest absolute Gasteiger partial charge is 1.00 e. The Morgan fingerprint density at radius 1 is 0.826 bits per heavy atom. The van der Waals surface area contributed by atoms with Gasteiger partial charge in [-0.2, -0.15) is 4.58 Å². The molecule has 0 N–H and O–H groups in total. The van der Waals surface area contributed by atoms with Gasteiger partial charge in [0.25, 0.3) is 0 Å². The lowest BCUT2D eigenvalue weighted by Crippen LogP contribution is -3.00. The predicted octanol–water partition coefficient (Wildman–Crippen LogP) is 1.94. The first-order valence-corrected chi connectivity index (χ1v) is 8.02. The topological polar surface area (TPSA) is 3.01 Å². The molecule has 0 fully saturated rings. The molecule has 0 unspecified atom stereocenters. The molecule has 116 valence electrons. The first kappa shape index (κ1) is 16.2. The van der Waals surface area contributed by atoms with Crippen molar-refractivity contribution in [3.8, 4) is 0 Å². The lowest BCUT2D eigenvalue weighted by molar-refractivity contribution is -0.437. The maximum Gasteiger partial charge on any atom is 0.214 e. The molecule has 0 bridgehead atoms. The molecule has 0 saturated heterocycles. The van der Waals surface area contributed by atoms with Gasteiger partial charge in [-0.3, -0.25) is 0 Å². The minimum absolute atomic E-state index is 0. The molecule has 4 rings (SSSR count). The maximum atomic E-state index is 2.49. The Hall–Kier alpha value is -1.68. The molecule has 3 aromatic carbocycles. The van der Waals surface area contributed by atoms with Crippen molar-refractivity contribution in [3.05, 3.63) is 77.9 Å². The summed E-state index contributed by atoms with van der Waals surface area (Å²) in [6.45, 7) is 3.33. The summed E-state index contributed by atoms with van der Waals surface area (Å²) in [6, 6.07) is 24.0. The van der Waals surface area contributed by atoms with Crippen LogP contribution in [-0.4, -0.2) is 16.8 Å². The van der Waals surface area contributed by atoms with Gasteiger partial charge in [-0.05, 0) is 23.4 Å². The fourth-order valence-corrected chi connectivity index (χ4v) is 3.55. The van der Waals surface area contributed by atoms with E-state index in [1.165, 1.54) is 39.7 Å². The molecule has 0 radical (unpaired) electrons. The van der Waals surface area contributed by atoms with Gasteiger partial charge in [0.15, 0.2) is 5.71 Å². The third kappa shape index (κ3) is 2.92. The number of halogens is 1. The Balaban J connectivity index is 0.00000156. The van der Waals surface area contributed by atoms with E-state index in [1.54, 1.807) is 0 Å². The molecule has 1 aliphatic rings. The molecule has 1 nitrogen and oxygen atoms in total. The summed E-state index contributed by atoms with van der Waals surface area (Å²) in [5.41, 5.74) is 5.58. The Bertz CT molecular complexity index is 860. The zero-order valence-corrected chi connectivity index (χ0v) is 15.5. The number of nitrogens with zero attached hydrogens (tertiary/aromatic N) is 1. The van der Waals surface area contributed by atoms with Crippen LogP contribution in [0.4, 0.5) is 5.69 Å². The number of rotatable bonds is 4. The van der Waals surface area contributed by atoms with E-state index < -0.39 is 0 Å². The van der Waals surface area contributed by atoms with E-state index in [9.17, 15) is 0 Å². The van der Waals surface area contributed by atoms with Crippen LogP contribution in [0, 0.1) is 0 Å². The van der Waals surface area contributed by atoms with Gasteiger partial charge in [-0.25, -0.2) is 0 Å². The van der Waals surface area contributed by atoms with Gasteiger partial charge >= 0.3 is 0 Å². The highest BCUT2D eigenvalue weighted by atomic mass is 127. The van der Waals surface area contributed by atoms with Crippen LogP contribution in [0.15, 0.2) is 66.7 Å². The lowest BCUT2D eigenvalue weighted by atomic mass is 10.0. The van der Waals surface area contributed by atoms with E-state index in [0.29, 0.717) is 0 Å². The summed E-state index contributed by atoms with van der Waals surface area (Å²) in [7, 11) is 0. The summed E-state index contributed by atoms with van der Waals surface area (Å²) >= 11 is 0. The Morgan fingerprint density at radius 3 is 2.35 bits per heavy atom. The molecule has 2 heteroatoms. The standard InChI is InChI=1S/C21H20N.HI/c1-16-19-13-5-11-18-12-6-14-20(21(18)19)22(16)15-7-10-17-8-3-2-4-9-17;/h2-6,8-9,11-14H,7,10,15H2,1H3;1H/q+1;/p-1. The van der Waals surface area contributed by atoms with E-state index in [1.807, 2.05) is 0 Å². The van der Waals surface area contributed by atoms with E-state index in [-0.39, 0.29) is 24.0 Å². The second kappa shape index (κ2) is 6.83. The van der Waals surface area contributed by atoms with Crippen molar-refractivity contribution in [1.82, 2.24) is 0 Å². The second-order valence-corrected chi connectivity index (χ2v) is 6.01. The number of benzene rings is 3. The highest BCUT2D eigenvalue weighted by molar-refractivity contribution is 6.14. The van der Waals surface area contributed by atoms with Gasteiger partial charge in [-0.15, -0.1) is 0 Å². The maximum absolute atomic E-state index is 2.49. The summed E-state index contributed by atoms with van der Waals surface area (Å²) < 4.78 is 2.49. The van der Waals surface area contributed by atoms with Crippen molar-refractivity contribution in [2.24, 2.45) is 0 Å². The van der Waals surface area contributed by atoms with Crippen molar-refractivity contribution < 1.29 is 28.6 Å². The van der Waals surface area contributed by atoms with Crippen molar-refractivity contribution in [2.45, 2.75) is 19.8 Å². The molecule has 3 aromatic rings. The van der Waals surface area contributed by atoms with Crippen molar-refractivity contribution in [2.75, 3.05) is 6.54 Å². The van der Waals surface area contributed by atoms with Gasteiger partial charge < -0.3 is 24.0 Å². The van der Waals surface area contributed by atoms with Crippen LogP contribution in [0.1, 0.15) is 24.5 Å². The van der Waals surface area contributed by atoms with Gasteiger partial charge in [0.1, 0.15) is 6.54 Å². The molecule has 23 heavy (non-hydrogen) atoms. The number of hydrogen-bond donors (Lipinski definition) is 0. The normalized spacial score (nSPS) is 12.6. The molecule has 0 aromatic heterocycles. The van der Waals surface area contributed by atoms with Gasteiger partial charge in [0.05, 0.1) is 10.9 Å². The highest BCUT2D eigenvalue weighted by Crippen LogP contribution is 2.35. The third-order valence-corrected chi connectivity index (χ3v) is 4.66.